The minimum atomic E-state index is 0.737. The number of fused-ring (bicyclic) bond motifs is 1. The van der Waals surface area contributed by atoms with E-state index in [0.717, 1.165) is 29.2 Å². The fraction of sp³-hybridized carbons (Fsp3) is 0.214. The Bertz CT molecular complexity index is 737. The van der Waals surface area contributed by atoms with Crippen LogP contribution in [0.3, 0.4) is 0 Å². The molecule has 1 N–H and O–H groups in total. The molecule has 3 aromatic rings. The average molecular weight is 285 g/mol. The van der Waals surface area contributed by atoms with Crippen LogP contribution in [0.25, 0.3) is 11.2 Å². The summed E-state index contributed by atoms with van der Waals surface area (Å²) >= 11 is 1.71. The van der Waals surface area contributed by atoms with Gasteiger partial charge >= 0.3 is 0 Å². The van der Waals surface area contributed by atoms with E-state index in [2.05, 4.69) is 45.6 Å². The molecule has 1 aromatic carbocycles. The van der Waals surface area contributed by atoms with Gasteiger partial charge in [-0.1, -0.05) is 6.07 Å². The monoisotopic (exact) mass is 285 g/mol. The molecule has 0 atom stereocenters. The maximum Gasteiger partial charge on any atom is 0.165 e. The summed E-state index contributed by atoms with van der Waals surface area (Å²) in [6.45, 7) is 2.91. The minimum Gasteiger partial charge on any atom is -0.338 e. The number of nitrogens with one attached hydrogen (secondary N) is 1. The second-order valence-corrected chi connectivity index (χ2v) is 5.16. The molecule has 0 aliphatic heterocycles. The standard InChI is InChI=1S/C14H15N5S/c1-3-19-9-17-12-13(15-8-16-14(12)19)18-10-5-4-6-11(7-10)20-2/h4-9H,3H2,1-2H3,(H,15,16,18). The maximum atomic E-state index is 4.40. The van der Waals surface area contributed by atoms with Gasteiger partial charge in [-0.3, -0.25) is 0 Å². The summed E-state index contributed by atoms with van der Waals surface area (Å²) in [5.41, 5.74) is 2.65. The largest absolute Gasteiger partial charge is 0.338 e. The zero-order chi connectivity index (χ0) is 13.9. The van der Waals surface area contributed by atoms with E-state index in [1.165, 1.54) is 4.90 Å². The number of nitrogens with zero attached hydrogens (tertiary/aromatic N) is 4. The smallest absolute Gasteiger partial charge is 0.165 e. The van der Waals surface area contributed by atoms with Crippen LogP contribution in [-0.4, -0.2) is 25.8 Å². The molecule has 0 aliphatic rings. The molecule has 2 heterocycles. The molecule has 0 bridgehead atoms. The van der Waals surface area contributed by atoms with Crippen LogP contribution in [0.4, 0.5) is 11.5 Å². The van der Waals surface area contributed by atoms with Crippen molar-refractivity contribution in [3.05, 3.63) is 36.9 Å². The molecular formula is C14H15N5S. The molecule has 6 heteroatoms. The number of imidazole rings is 1. The second kappa shape index (κ2) is 5.50. The summed E-state index contributed by atoms with van der Waals surface area (Å²) < 4.78 is 2.00. The summed E-state index contributed by atoms with van der Waals surface area (Å²) in [4.78, 5) is 14.2. The Morgan fingerprint density at radius 3 is 2.95 bits per heavy atom. The van der Waals surface area contributed by atoms with Crippen LogP contribution in [-0.2, 0) is 6.54 Å². The first-order valence-corrected chi connectivity index (χ1v) is 7.61. The molecule has 0 spiro atoms. The molecule has 0 saturated carbocycles. The van der Waals surface area contributed by atoms with Gasteiger partial charge in [-0.25, -0.2) is 15.0 Å². The Hall–Kier alpha value is -2.08. The third-order valence-corrected chi connectivity index (χ3v) is 3.80. The minimum absolute atomic E-state index is 0.737. The third kappa shape index (κ3) is 2.34. The summed E-state index contributed by atoms with van der Waals surface area (Å²) in [5, 5.41) is 3.32. The van der Waals surface area contributed by atoms with Crippen molar-refractivity contribution in [1.29, 1.82) is 0 Å². The van der Waals surface area contributed by atoms with Crippen molar-refractivity contribution in [1.82, 2.24) is 19.5 Å². The zero-order valence-electron chi connectivity index (χ0n) is 11.4. The van der Waals surface area contributed by atoms with Gasteiger partial charge in [0.1, 0.15) is 6.33 Å². The molecule has 0 aliphatic carbocycles. The Kier molecular flexibility index (Phi) is 3.56. The number of aromatic nitrogens is 4. The Balaban J connectivity index is 2.00. The van der Waals surface area contributed by atoms with Crippen molar-refractivity contribution in [2.24, 2.45) is 0 Å². The van der Waals surface area contributed by atoms with Crippen LogP contribution < -0.4 is 5.32 Å². The van der Waals surface area contributed by atoms with Crippen LogP contribution in [0.15, 0.2) is 41.8 Å². The summed E-state index contributed by atoms with van der Waals surface area (Å²) in [5.74, 6) is 0.737. The van der Waals surface area contributed by atoms with Crippen LogP contribution >= 0.6 is 11.8 Å². The quantitative estimate of drug-likeness (QED) is 0.745. The van der Waals surface area contributed by atoms with E-state index in [1.54, 1.807) is 24.4 Å². The van der Waals surface area contributed by atoms with E-state index in [9.17, 15) is 0 Å². The van der Waals surface area contributed by atoms with E-state index in [0.29, 0.717) is 0 Å². The molecule has 0 amide bonds. The summed E-state index contributed by atoms with van der Waals surface area (Å²) in [7, 11) is 0. The van der Waals surface area contributed by atoms with Gasteiger partial charge in [0.15, 0.2) is 17.0 Å². The highest BCUT2D eigenvalue weighted by Gasteiger charge is 2.09. The Morgan fingerprint density at radius 1 is 1.25 bits per heavy atom. The normalized spacial score (nSPS) is 10.9. The maximum absolute atomic E-state index is 4.40. The van der Waals surface area contributed by atoms with E-state index in [1.807, 2.05) is 16.7 Å². The lowest BCUT2D eigenvalue weighted by molar-refractivity contribution is 0.777. The molecule has 0 radical (unpaired) electrons. The van der Waals surface area contributed by atoms with Gasteiger partial charge in [-0.2, -0.15) is 0 Å². The molecule has 5 nitrogen and oxygen atoms in total. The fourth-order valence-corrected chi connectivity index (χ4v) is 2.50. The van der Waals surface area contributed by atoms with Crippen molar-refractivity contribution >= 4 is 34.4 Å². The second-order valence-electron chi connectivity index (χ2n) is 4.28. The first-order valence-electron chi connectivity index (χ1n) is 6.38. The number of benzene rings is 1. The highest BCUT2D eigenvalue weighted by Crippen LogP contribution is 2.24. The Morgan fingerprint density at radius 2 is 2.15 bits per heavy atom. The van der Waals surface area contributed by atoms with Gasteiger partial charge in [0, 0.05) is 17.1 Å². The molecule has 3 rings (SSSR count). The highest BCUT2D eigenvalue weighted by molar-refractivity contribution is 7.98. The number of aryl methyl sites for hydroxylation is 1. The van der Waals surface area contributed by atoms with Gasteiger partial charge in [-0.05, 0) is 31.4 Å². The van der Waals surface area contributed by atoms with Gasteiger partial charge in [0.25, 0.3) is 0 Å². The average Bonchev–Trinajstić information content (AvgIpc) is 2.91. The number of thioether (sulfide) groups is 1. The number of rotatable bonds is 4. The number of hydrogen-bond acceptors (Lipinski definition) is 5. The highest BCUT2D eigenvalue weighted by atomic mass is 32.2. The Labute approximate surface area is 121 Å². The van der Waals surface area contributed by atoms with Crippen LogP contribution in [0, 0.1) is 0 Å². The molecule has 0 unspecified atom stereocenters. The van der Waals surface area contributed by atoms with Gasteiger partial charge in [0.05, 0.1) is 6.33 Å². The van der Waals surface area contributed by atoms with Crippen LogP contribution in [0.1, 0.15) is 6.92 Å². The topological polar surface area (TPSA) is 55.6 Å². The number of anilines is 2. The number of hydrogen-bond donors (Lipinski definition) is 1. The molecule has 2 aromatic heterocycles. The van der Waals surface area contributed by atoms with Crippen molar-refractivity contribution in [3.8, 4) is 0 Å². The lowest BCUT2D eigenvalue weighted by atomic mass is 10.3. The van der Waals surface area contributed by atoms with Crippen LogP contribution in [0.5, 0.6) is 0 Å². The van der Waals surface area contributed by atoms with Gasteiger partial charge < -0.3 is 9.88 Å². The molecule has 0 saturated heterocycles. The molecule has 102 valence electrons. The fourth-order valence-electron chi connectivity index (χ4n) is 2.04. The first-order chi connectivity index (χ1) is 9.81. The first kappa shape index (κ1) is 12.9. The summed E-state index contributed by atoms with van der Waals surface area (Å²) in [6, 6.07) is 8.22. The predicted molar refractivity (Wildman–Crippen MR) is 82.5 cm³/mol. The molecule has 20 heavy (non-hydrogen) atoms. The molecular weight excluding hydrogens is 270 g/mol. The lowest BCUT2D eigenvalue weighted by Gasteiger charge is -2.07. The van der Waals surface area contributed by atoms with Gasteiger partial charge in [-0.15, -0.1) is 11.8 Å². The van der Waals surface area contributed by atoms with E-state index < -0.39 is 0 Å². The SMILES string of the molecule is CCn1cnc2c(Nc3cccc(SC)c3)ncnc21. The van der Waals surface area contributed by atoms with Crippen molar-refractivity contribution < 1.29 is 0 Å². The van der Waals surface area contributed by atoms with E-state index >= 15 is 0 Å². The van der Waals surface area contributed by atoms with Crippen LogP contribution in [0.2, 0.25) is 0 Å². The van der Waals surface area contributed by atoms with Crippen molar-refractivity contribution in [2.45, 2.75) is 18.4 Å². The van der Waals surface area contributed by atoms with Crippen molar-refractivity contribution in [2.75, 3.05) is 11.6 Å². The van der Waals surface area contributed by atoms with E-state index in [-0.39, 0.29) is 0 Å². The molecule has 0 fully saturated rings. The van der Waals surface area contributed by atoms with Crippen molar-refractivity contribution in [3.63, 3.8) is 0 Å². The predicted octanol–water partition coefficient (Wildman–Crippen LogP) is 3.31. The zero-order valence-corrected chi connectivity index (χ0v) is 12.2. The third-order valence-electron chi connectivity index (χ3n) is 3.07. The summed E-state index contributed by atoms with van der Waals surface area (Å²) in [6.07, 6.45) is 5.42. The van der Waals surface area contributed by atoms with E-state index in [4.69, 9.17) is 0 Å². The lowest BCUT2D eigenvalue weighted by Crippen LogP contribution is -1.98. The van der Waals surface area contributed by atoms with Gasteiger partial charge in [0.2, 0.25) is 0 Å².